The molecule has 1 spiro atoms. The van der Waals surface area contributed by atoms with E-state index < -0.39 is 21.2 Å². The van der Waals surface area contributed by atoms with Crippen LogP contribution in [0.15, 0.2) is 30.3 Å². The predicted molar refractivity (Wildman–Crippen MR) is 145 cm³/mol. The van der Waals surface area contributed by atoms with E-state index in [-0.39, 0.29) is 22.9 Å². The van der Waals surface area contributed by atoms with E-state index in [1.165, 1.54) is 5.56 Å². The van der Waals surface area contributed by atoms with Crippen LogP contribution in [0.3, 0.4) is 0 Å². The van der Waals surface area contributed by atoms with Gasteiger partial charge in [0.2, 0.25) is 10.0 Å². The van der Waals surface area contributed by atoms with Gasteiger partial charge < -0.3 is 14.9 Å². The molecule has 1 aromatic carbocycles. The number of hydrogen-bond acceptors (Lipinski definition) is 5. The average molecular weight is 533 g/mol. The molecule has 1 aromatic rings. The molecule has 9 heteroatoms. The van der Waals surface area contributed by atoms with Crippen LogP contribution in [-0.4, -0.2) is 101 Å². The number of urea groups is 1. The van der Waals surface area contributed by atoms with E-state index >= 15 is 0 Å². The van der Waals surface area contributed by atoms with Crippen LogP contribution < -0.4 is 0 Å². The highest BCUT2D eigenvalue weighted by molar-refractivity contribution is 7.89. The molecule has 0 bridgehead atoms. The summed E-state index contributed by atoms with van der Waals surface area (Å²) in [6.45, 7) is 5.69. The Balaban J connectivity index is 1.42. The van der Waals surface area contributed by atoms with Crippen LogP contribution in [0.4, 0.5) is 4.79 Å². The zero-order valence-corrected chi connectivity index (χ0v) is 23.8. The second-order valence-corrected chi connectivity index (χ2v) is 14.9. The van der Waals surface area contributed by atoms with Gasteiger partial charge in [-0.3, -0.25) is 4.90 Å². The highest BCUT2D eigenvalue weighted by Crippen LogP contribution is 2.50. The topological polar surface area (TPSA) is 84.4 Å². The zero-order chi connectivity index (χ0) is 26.7. The lowest BCUT2D eigenvalue weighted by Crippen LogP contribution is -2.59. The fraction of sp³-hybridized carbons (Fsp3) is 0.750. The van der Waals surface area contributed by atoms with Crippen LogP contribution in [-0.2, 0) is 15.6 Å². The molecule has 2 aliphatic heterocycles. The lowest BCUT2D eigenvalue weighted by molar-refractivity contribution is -0.0725. The molecule has 37 heavy (non-hydrogen) atoms. The molecule has 206 valence electrons. The Kier molecular flexibility index (Phi) is 6.70. The molecular formula is C28H44N4O4S. The highest BCUT2D eigenvalue weighted by atomic mass is 32.2. The van der Waals surface area contributed by atoms with Crippen molar-refractivity contribution in [2.24, 2.45) is 0 Å². The van der Waals surface area contributed by atoms with Crippen molar-refractivity contribution in [3.63, 3.8) is 0 Å². The summed E-state index contributed by atoms with van der Waals surface area (Å²) in [5.41, 5.74) is -0.619. The van der Waals surface area contributed by atoms with E-state index in [9.17, 15) is 18.3 Å². The summed E-state index contributed by atoms with van der Waals surface area (Å²) in [5, 5.41) is 11.1. The summed E-state index contributed by atoms with van der Waals surface area (Å²) in [6.07, 6.45) is 6.63. The van der Waals surface area contributed by atoms with Crippen LogP contribution in [0, 0.1) is 0 Å². The number of β-amino-alcohol motifs (C(OH)–C–C–N with tert-alkyl or cyclic N) is 1. The molecule has 1 N–H and O–H groups in total. The van der Waals surface area contributed by atoms with E-state index in [0.717, 1.165) is 44.9 Å². The third-order valence-electron chi connectivity index (χ3n) is 9.82. The Labute approximate surface area is 222 Å². The monoisotopic (exact) mass is 532 g/mol. The lowest BCUT2D eigenvalue weighted by atomic mass is 9.67. The first kappa shape index (κ1) is 26.9. The third kappa shape index (κ3) is 4.60. The Morgan fingerprint density at radius 3 is 2.16 bits per heavy atom. The number of benzene rings is 1. The molecular weight excluding hydrogens is 488 g/mol. The molecule has 5 rings (SSSR count). The Bertz CT molecular complexity index is 1110. The number of hydrogen-bond donors (Lipinski definition) is 1. The van der Waals surface area contributed by atoms with Gasteiger partial charge in [0.05, 0.1) is 23.4 Å². The normalized spacial score (nSPS) is 31.9. The number of nitrogens with zero attached hydrogens (tertiary/aromatic N) is 4. The molecule has 0 radical (unpaired) electrons. The Hall–Kier alpha value is -1.68. The van der Waals surface area contributed by atoms with Gasteiger partial charge in [-0.15, -0.1) is 0 Å². The quantitative estimate of drug-likeness (QED) is 0.583. The van der Waals surface area contributed by atoms with Crippen LogP contribution in [0.1, 0.15) is 70.8 Å². The van der Waals surface area contributed by atoms with Gasteiger partial charge in [0.1, 0.15) is 0 Å². The second kappa shape index (κ2) is 9.21. The largest absolute Gasteiger partial charge is 0.388 e. The van der Waals surface area contributed by atoms with Gasteiger partial charge in [-0.25, -0.2) is 13.2 Å². The predicted octanol–water partition coefficient (Wildman–Crippen LogP) is 3.22. The fourth-order valence-corrected chi connectivity index (χ4v) is 9.37. The Morgan fingerprint density at radius 2 is 1.65 bits per heavy atom. The van der Waals surface area contributed by atoms with Gasteiger partial charge in [0, 0.05) is 30.7 Å². The number of sulfonamides is 1. The standard InChI is InChI=1S/C28H44N4O4S/c1-25(2,32-18-9-19-37(32,35)36)20-30-21-26(31(24(30)33)22-27(34)12-8-13-27)14-16-28(17-15-26,29(3)4)23-10-6-5-7-11-23/h5-7,10-11,34H,8-9,12-22H2,1-4H3/t26-,28-. The number of carbonyl (C=O) groups excluding carboxylic acids is 1. The van der Waals surface area contributed by atoms with Crippen LogP contribution in [0.5, 0.6) is 0 Å². The zero-order valence-electron chi connectivity index (χ0n) is 22.9. The van der Waals surface area contributed by atoms with Crippen molar-refractivity contribution in [3.8, 4) is 0 Å². The van der Waals surface area contributed by atoms with E-state index in [1.54, 1.807) is 4.31 Å². The van der Waals surface area contributed by atoms with E-state index in [2.05, 4.69) is 43.3 Å². The van der Waals surface area contributed by atoms with Gasteiger partial charge in [-0.2, -0.15) is 4.31 Å². The maximum atomic E-state index is 14.0. The summed E-state index contributed by atoms with van der Waals surface area (Å²) in [6, 6.07) is 10.6. The molecule has 2 aliphatic carbocycles. The molecule has 0 aromatic heterocycles. The minimum atomic E-state index is -3.29. The average Bonchev–Trinajstić information content (AvgIpc) is 3.31. The molecule has 0 unspecified atom stereocenters. The molecule has 4 aliphatic rings. The minimum Gasteiger partial charge on any atom is -0.388 e. The smallest absolute Gasteiger partial charge is 0.320 e. The number of amides is 2. The number of aliphatic hydroxyl groups is 1. The Morgan fingerprint density at radius 1 is 1.00 bits per heavy atom. The summed E-state index contributed by atoms with van der Waals surface area (Å²) in [5.74, 6) is 0.180. The number of rotatable bonds is 7. The van der Waals surface area contributed by atoms with E-state index in [0.29, 0.717) is 32.6 Å². The summed E-state index contributed by atoms with van der Waals surface area (Å²) in [7, 11) is 0.994. The van der Waals surface area contributed by atoms with Crippen molar-refractivity contribution >= 4 is 16.1 Å². The summed E-state index contributed by atoms with van der Waals surface area (Å²) in [4.78, 5) is 20.2. The summed E-state index contributed by atoms with van der Waals surface area (Å²) >= 11 is 0. The molecule has 4 fully saturated rings. The lowest BCUT2D eigenvalue weighted by Gasteiger charge is -2.52. The highest BCUT2D eigenvalue weighted by Gasteiger charge is 2.57. The van der Waals surface area contributed by atoms with Crippen molar-refractivity contribution in [2.45, 2.75) is 87.4 Å². The first-order chi connectivity index (χ1) is 17.3. The van der Waals surface area contributed by atoms with E-state index in [1.807, 2.05) is 29.7 Å². The maximum Gasteiger partial charge on any atom is 0.320 e. The number of carbonyl (C=O) groups is 1. The van der Waals surface area contributed by atoms with Crippen LogP contribution >= 0.6 is 0 Å². The minimum absolute atomic E-state index is 0.0536. The molecule has 2 saturated carbocycles. The molecule has 2 amide bonds. The van der Waals surface area contributed by atoms with Crippen molar-refractivity contribution in [3.05, 3.63) is 35.9 Å². The fourth-order valence-electron chi connectivity index (χ4n) is 7.44. The van der Waals surface area contributed by atoms with Crippen molar-refractivity contribution in [2.75, 3.05) is 46.0 Å². The molecule has 8 nitrogen and oxygen atoms in total. The van der Waals surface area contributed by atoms with Crippen molar-refractivity contribution in [1.29, 1.82) is 0 Å². The third-order valence-corrected chi connectivity index (χ3v) is 12.0. The van der Waals surface area contributed by atoms with Gasteiger partial charge in [0.25, 0.3) is 0 Å². The van der Waals surface area contributed by atoms with Crippen LogP contribution in [0.2, 0.25) is 0 Å². The molecule has 2 heterocycles. The van der Waals surface area contributed by atoms with Gasteiger partial charge in [0.15, 0.2) is 0 Å². The van der Waals surface area contributed by atoms with Gasteiger partial charge >= 0.3 is 6.03 Å². The van der Waals surface area contributed by atoms with Crippen molar-refractivity contribution < 1.29 is 18.3 Å². The van der Waals surface area contributed by atoms with E-state index in [4.69, 9.17) is 0 Å². The first-order valence-corrected chi connectivity index (χ1v) is 15.5. The van der Waals surface area contributed by atoms with Gasteiger partial charge in [-0.1, -0.05) is 30.3 Å². The first-order valence-electron chi connectivity index (χ1n) is 13.9. The second-order valence-electron chi connectivity index (χ2n) is 12.9. The SMILES string of the molecule is CN(C)[C@]1(c2ccccc2)CC[C@@]2(CC1)CN(CC(C)(C)N1CCCS1(=O)=O)C(=O)N2CC1(O)CCC1. The molecule has 2 saturated heterocycles. The summed E-state index contributed by atoms with van der Waals surface area (Å²) < 4.78 is 27.0. The van der Waals surface area contributed by atoms with Crippen molar-refractivity contribution in [1.82, 2.24) is 19.0 Å². The maximum absolute atomic E-state index is 14.0. The van der Waals surface area contributed by atoms with Crippen LogP contribution in [0.25, 0.3) is 0 Å². The van der Waals surface area contributed by atoms with Gasteiger partial charge in [-0.05, 0) is 84.9 Å². The molecule has 0 atom stereocenters.